The monoisotopic (exact) mass is 405 g/mol. The molecule has 3 heterocycles. The van der Waals surface area contributed by atoms with E-state index in [1.165, 1.54) is 11.3 Å². The molecule has 0 saturated carbocycles. The summed E-state index contributed by atoms with van der Waals surface area (Å²) < 4.78 is 0. The summed E-state index contributed by atoms with van der Waals surface area (Å²) in [5.41, 5.74) is 1.39. The normalized spacial score (nSPS) is 21.7. The molecule has 0 bridgehead atoms. The number of hydrogen-bond donors (Lipinski definition) is 2. The Morgan fingerprint density at radius 1 is 1.04 bits per heavy atom. The molecule has 2 amide bonds. The molecule has 0 aliphatic carbocycles. The minimum absolute atomic E-state index is 0. The molecule has 0 spiro atoms. The predicted octanol–water partition coefficient (Wildman–Crippen LogP) is 3.49. The molecule has 1 aromatic carbocycles. The van der Waals surface area contributed by atoms with E-state index in [-0.39, 0.29) is 24.2 Å². The van der Waals surface area contributed by atoms with Gasteiger partial charge in [-0.1, -0.05) is 6.07 Å². The Labute approximate surface area is 169 Å². The second-order valence-electron chi connectivity index (χ2n) is 7.06. The Bertz CT molecular complexity index is 765. The lowest BCUT2D eigenvalue weighted by molar-refractivity contribution is 0.0758. The summed E-state index contributed by atoms with van der Waals surface area (Å²) in [7, 11) is 0. The molecule has 2 atom stereocenters. The van der Waals surface area contributed by atoms with Gasteiger partial charge in [0.2, 0.25) is 0 Å². The molecule has 2 saturated heterocycles. The number of halogens is 1. The van der Waals surface area contributed by atoms with E-state index in [9.17, 15) is 9.59 Å². The van der Waals surface area contributed by atoms with Crippen LogP contribution in [0.1, 0.15) is 32.9 Å². The third kappa shape index (κ3) is 4.51. The van der Waals surface area contributed by atoms with Gasteiger partial charge in [-0.3, -0.25) is 9.59 Å². The standard InChI is InChI=1S/C20H23N3O2S.ClH/c24-19(18-2-1-11-26-18)22-17-5-3-14(4-6-17)20(25)23-9-7-15-12-21-13-16(15)8-10-23;/h1-6,11,15-16,21H,7-10,12-13H2,(H,22,24);1H/t15-,16+;. The molecule has 2 aromatic rings. The van der Waals surface area contributed by atoms with Crippen LogP contribution in [-0.2, 0) is 0 Å². The van der Waals surface area contributed by atoms with Gasteiger partial charge in [0.1, 0.15) is 0 Å². The van der Waals surface area contributed by atoms with Crippen LogP contribution in [0.5, 0.6) is 0 Å². The van der Waals surface area contributed by atoms with Crippen molar-refractivity contribution in [3.05, 3.63) is 52.2 Å². The van der Waals surface area contributed by atoms with E-state index < -0.39 is 0 Å². The first-order valence-corrected chi connectivity index (χ1v) is 10.0. The molecule has 2 N–H and O–H groups in total. The van der Waals surface area contributed by atoms with Crippen LogP contribution in [0.4, 0.5) is 5.69 Å². The van der Waals surface area contributed by atoms with E-state index in [4.69, 9.17) is 0 Å². The van der Waals surface area contributed by atoms with Crippen molar-refractivity contribution in [3.8, 4) is 0 Å². The summed E-state index contributed by atoms with van der Waals surface area (Å²) in [5.74, 6) is 1.39. The van der Waals surface area contributed by atoms with Gasteiger partial charge in [0.05, 0.1) is 4.88 Å². The van der Waals surface area contributed by atoms with Crippen molar-refractivity contribution < 1.29 is 9.59 Å². The molecule has 2 aliphatic heterocycles. The van der Waals surface area contributed by atoms with Crippen molar-refractivity contribution in [2.24, 2.45) is 11.8 Å². The predicted molar refractivity (Wildman–Crippen MR) is 111 cm³/mol. The maximum absolute atomic E-state index is 12.8. The molecule has 7 heteroatoms. The van der Waals surface area contributed by atoms with Crippen molar-refractivity contribution in [2.45, 2.75) is 12.8 Å². The van der Waals surface area contributed by atoms with E-state index in [1.807, 2.05) is 16.3 Å². The lowest BCUT2D eigenvalue weighted by Crippen LogP contribution is -2.32. The minimum atomic E-state index is -0.119. The third-order valence-electron chi connectivity index (χ3n) is 5.44. The lowest BCUT2D eigenvalue weighted by atomic mass is 9.92. The molecule has 4 rings (SSSR count). The molecule has 0 radical (unpaired) electrons. The van der Waals surface area contributed by atoms with E-state index in [1.54, 1.807) is 30.3 Å². The average molecular weight is 406 g/mol. The summed E-state index contributed by atoms with van der Waals surface area (Å²) in [6.07, 6.45) is 2.16. The highest BCUT2D eigenvalue weighted by molar-refractivity contribution is 7.12. The van der Waals surface area contributed by atoms with Gasteiger partial charge in [0.15, 0.2) is 0 Å². The summed E-state index contributed by atoms with van der Waals surface area (Å²) in [5, 5.41) is 8.21. The Kier molecular flexibility index (Phi) is 6.52. The Morgan fingerprint density at radius 3 is 2.30 bits per heavy atom. The number of carbonyl (C=O) groups excluding carboxylic acids is 2. The number of benzene rings is 1. The highest BCUT2D eigenvalue weighted by Crippen LogP contribution is 2.27. The number of nitrogens with one attached hydrogen (secondary N) is 2. The fourth-order valence-corrected chi connectivity index (χ4v) is 4.52. The van der Waals surface area contributed by atoms with Gasteiger partial charge >= 0.3 is 0 Å². The first kappa shape index (κ1) is 19.9. The highest BCUT2D eigenvalue weighted by Gasteiger charge is 2.31. The number of anilines is 1. The number of fused-ring (bicyclic) bond motifs is 1. The second kappa shape index (κ2) is 8.87. The molecule has 0 unspecified atom stereocenters. The van der Waals surface area contributed by atoms with Gasteiger partial charge < -0.3 is 15.5 Å². The van der Waals surface area contributed by atoms with Crippen LogP contribution < -0.4 is 10.6 Å². The average Bonchev–Trinajstić information content (AvgIpc) is 3.31. The topological polar surface area (TPSA) is 61.4 Å². The molecule has 5 nitrogen and oxygen atoms in total. The Morgan fingerprint density at radius 2 is 1.70 bits per heavy atom. The van der Waals surface area contributed by atoms with Crippen LogP contribution in [0.2, 0.25) is 0 Å². The zero-order valence-corrected chi connectivity index (χ0v) is 16.7. The largest absolute Gasteiger partial charge is 0.339 e. The van der Waals surface area contributed by atoms with Crippen LogP contribution >= 0.6 is 23.7 Å². The Hall–Kier alpha value is -1.89. The molecule has 2 aliphatic rings. The smallest absolute Gasteiger partial charge is 0.265 e. The number of thiophene rings is 1. The van der Waals surface area contributed by atoms with E-state index >= 15 is 0 Å². The van der Waals surface area contributed by atoms with Gasteiger partial charge in [0.25, 0.3) is 11.8 Å². The number of rotatable bonds is 3. The summed E-state index contributed by atoms with van der Waals surface area (Å²) >= 11 is 1.41. The molecule has 27 heavy (non-hydrogen) atoms. The zero-order chi connectivity index (χ0) is 17.9. The fourth-order valence-electron chi connectivity index (χ4n) is 3.90. The van der Waals surface area contributed by atoms with Gasteiger partial charge in [0, 0.05) is 24.3 Å². The van der Waals surface area contributed by atoms with E-state index in [0.717, 1.165) is 39.0 Å². The van der Waals surface area contributed by atoms with Gasteiger partial charge in [-0.2, -0.15) is 0 Å². The van der Waals surface area contributed by atoms with Gasteiger partial charge in [-0.05, 0) is 73.5 Å². The molecular weight excluding hydrogens is 382 g/mol. The van der Waals surface area contributed by atoms with E-state index in [2.05, 4.69) is 10.6 Å². The van der Waals surface area contributed by atoms with Crippen LogP contribution in [0, 0.1) is 11.8 Å². The summed E-state index contributed by atoms with van der Waals surface area (Å²) in [6.45, 7) is 3.84. The number of likely N-dealkylation sites (tertiary alicyclic amines) is 1. The number of amides is 2. The quantitative estimate of drug-likeness (QED) is 0.821. The third-order valence-corrected chi connectivity index (χ3v) is 6.31. The lowest BCUT2D eigenvalue weighted by Gasteiger charge is -2.21. The van der Waals surface area contributed by atoms with Crippen LogP contribution in [0.25, 0.3) is 0 Å². The van der Waals surface area contributed by atoms with Gasteiger partial charge in [-0.25, -0.2) is 0 Å². The van der Waals surface area contributed by atoms with Gasteiger partial charge in [-0.15, -0.1) is 23.7 Å². The summed E-state index contributed by atoms with van der Waals surface area (Å²) in [4.78, 5) is 27.6. The van der Waals surface area contributed by atoms with Crippen molar-refractivity contribution in [1.29, 1.82) is 0 Å². The Balaban J connectivity index is 0.00000210. The van der Waals surface area contributed by atoms with E-state index in [0.29, 0.717) is 28.0 Å². The maximum atomic E-state index is 12.8. The fraction of sp³-hybridized carbons (Fsp3) is 0.400. The van der Waals surface area contributed by atoms with Crippen LogP contribution in [0.15, 0.2) is 41.8 Å². The van der Waals surface area contributed by atoms with Crippen molar-refractivity contribution in [2.75, 3.05) is 31.5 Å². The van der Waals surface area contributed by atoms with Crippen molar-refractivity contribution in [1.82, 2.24) is 10.2 Å². The number of nitrogens with zero attached hydrogens (tertiary/aromatic N) is 1. The van der Waals surface area contributed by atoms with Crippen LogP contribution in [0.3, 0.4) is 0 Å². The van der Waals surface area contributed by atoms with Crippen LogP contribution in [-0.4, -0.2) is 42.9 Å². The molecular formula is C20H24ClN3O2S. The number of carbonyl (C=O) groups is 2. The minimum Gasteiger partial charge on any atom is -0.339 e. The summed E-state index contributed by atoms with van der Waals surface area (Å²) in [6, 6.07) is 10.9. The SMILES string of the molecule is Cl.O=C(Nc1ccc(C(=O)N2CC[C@@H]3CNC[C@@H]3CC2)cc1)c1cccs1. The second-order valence-corrected chi connectivity index (χ2v) is 8.00. The van der Waals surface area contributed by atoms with Crippen molar-refractivity contribution >= 4 is 41.2 Å². The van der Waals surface area contributed by atoms with Crippen molar-refractivity contribution in [3.63, 3.8) is 0 Å². The molecule has 1 aromatic heterocycles. The number of hydrogen-bond acceptors (Lipinski definition) is 4. The first-order chi connectivity index (χ1) is 12.7. The molecule has 2 fully saturated rings. The zero-order valence-electron chi connectivity index (χ0n) is 15.0. The molecule has 144 valence electrons. The maximum Gasteiger partial charge on any atom is 0.265 e. The first-order valence-electron chi connectivity index (χ1n) is 9.15. The highest BCUT2D eigenvalue weighted by atomic mass is 35.5.